The first-order chi connectivity index (χ1) is 9.02. The monoisotopic (exact) mass is 325 g/mol. The van der Waals surface area contributed by atoms with E-state index >= 15 is 0 Å². The average Bonchev–Trinajstić information content (AvgIpc) is 2.39. The molecule has 0 aliphatic carbocycles. The lowest BCUT2D eigenvalue weighted by Crippen LogP contribution is -2.31. The van der Waals surface area contributed by atoms with Crippen molar-refractivity contribution in [3.8, 4) is 0 Å². The number of benzene rings is 1. The lowest BCUT2D eigenvalue weighted by Gasteiger charge is -2.10. The molecule has 0 saturated heterocycles. The summed E-state index contributed by atoms with van der Waals surface area (Å²) < 4.78 is 0.956. The van der Waals surface area contributed by atoms with Gasteiger partial charge in [0.25, 0.3) is 0 Å². The third kappa shape index (κ3) is 6.01. The number of amides is 1. The van der Waals surface area contributed by atoms with Gasteiger partial charge in [-0.05, 0) is 31.9 Å². The van der Waals surface area contributed by atoms with Gasteiger partial charge in [0.05, 0.1) is 0 Å². The Kier molecular flexibility index (Phi) is 6.78. The number of hydrogen-bond donors (Lipinski definition) is 1. The maximum Gasteiger partial charge on any atom is 0.220 e. The Hall–Kier alpha value is -1.16. The zero-order valence-electron chi connectivity index (χ0n) is 11.4. The molecule has 0 aliphatic heterocycles. The quantitative estimate of drug-likeness (QED) is 0.776. The van der Waals surface area contributed by atoms with Crippen molar-refractivity contribution in [3.63, 3.8) is 0 Å². The van der Waals surface area contributed by atoms with Crippen LogP contribution in [-0.4, -0.2) is 17.7 Å². The van der Waals surface area contributed by atoms with Crippen LogP contribution in [0.25, 0.3) is 0 Å². The molecule has 3 nitrogen and oxygen atoms in total. The zero-order valence-corrected chi connectivity index (χ0v) is 13.0. The molecule has 19 heavy (non-hydrogen) atoms. The van der Waals surface area contributed by atoms with E-state index in [1.54, 1.807) is 12.1 Å². The molecule has 4 heteroatoms. The van der Waals surface area contributed by atoms with Crippen molar-refractivity contribution in [2.45, 2.75) is 45.6 Å². The van der Waals surface area contributed by atoms with Gasteiger partial charge in [-0.3, -0.25) is 9.59 Å². The van der Waals surface area contributed by atoms with E-state index in [-0.39, 0.29) is 17.7 Å². The number of carbonyl (C=O) groups is 2. The van der Waals surface area contributed by atoms with Gasteiger partial charge in [-0.25, -0.2) is 0 Å². The van der Waals surface area contributed by atoms with E-state index in [0.717, 1.165) is 10.9 Å². The summed E-state index contributed by atoms with van der Waals surface area (Å²) >= 11 is 3.33. The van der Waals surface area contributed by atoms with Crippen LogP contribution in [0.3, 0.4) is 0 Å². The van der Waals surface area contributed by atoms with Gasteiger partial charge in [0.1, 0.15) is 0 Å². The van der Waals surface area contributed by atoms with Gasteiger partial charge < -0.3 is 5.32 Å². The van der Waals surface area contributed by atoms with Crippen LogP contribution in [-0.2, 0) is 4.79 Å². The maximum atomic E-state index is 11.9. The number of hydrogen-bond acceptors (Lipinski definition) is 2. The number of ketones is 1. The van der Waals surface area contributed by atoms with Crippen LogP contribution in [0.5, 0.6) is 0 Å². The van der Waals surface area contributed by atoms with Gasteiger partial charge in [-0.2, -0.15) is 0 Å². The number of carbonyl (C=O) groups excluding carboxylic acids is 2. The first-order valence-electron chi connectivity index (χ1n) is 6.61. The SMILES string of the molecule is CCC(C)NC(=O)CCCC(=O)c1ccc(Br)cc1. The van der Waals surface area contributed by atoms with Crippen molar-refractivity contribution in [1.82, 2.24) is 5.32 Å². The van der Waals surface area contributed by atoms with Gasteiger partial charge in [-0.15, -0.1) is 0 Å². The second-order valence-electron chi connectivity index (χ2n) is 4.66. The molecule has 0 bridgehead atoms. The number of halogens is 1. The lowest BCUT2D eigenvalue weighted by molar-refractivity contribution is -0.121. The third-order valence-electron chi connectivity index (χ3n) is 2.99. The number of rotatable bonds is 7. The lowest BCUT2D eigenvalue weighted by atomic mass is 10.1. The third-order valence-corrected chi connectivity index (χ3v) is 3.52. The smallest absolute Gasteiger partial charge is 0.220 e. The van der Waals surface area contributed by atoms with Gasteiger partial charge >= 0.3 is 0 Å². The molecule has 1 aromatic rings. The Labute approximate surface area is 122 Å². The summed E-state index contributed by atoms with van der Waals surface area (Å²) in [6.07, 6.45) is 2.34. The molecule has 0 fully saturated rings. The highest BCUT2D eigenvalue weighted by molar-refractivity contribution is 9.10. The van der Waals surface area contributed by atoms with E-state index < -0.39 is 0 Å². The Morgan fingerprint density at radius 3 is 2.42 bits per heavy atom. The normalized spacial score (nSPS) is 11.9. The molecule has 1 amide bonds. The molecule has 1 rings (SSSR count). The van der Waals surface area contributed by atoms with Crippen molar-refractivity contribution in [2.75, 3.05) is 0 Å². The predicted octanol–water partition coefficient (Wildman–Crippen LogP) is 3.72. The van der Waals surface area contributed by atoms with Crippen LogP contribution in [0.1, 0.15) is 49.9 Å². The fraction of sp³-hybridized carbons (Fsp3) is 0.467. The van der Waals surface area contributed by atoms with Gasteiger partial charge in [0.2, 0.25) is 5.91 Å². The van der Waals surface area contributed by atoms with Crippen LogP contribution in [0, 0.1) is 0 Å². The predicted molar refractivity (Wildman–Crippen MR) is 80.2 cm³/mol. The fourth-order valence-corrected chi connectivity index (χ4v) is 1.90. The fourth-order valence-electron chi connectivity index (χ4n) is 1.64. The summed E-state index contributed by atoms with van der Waals surface area (Å²) in [6, 6.07) is 7.50. The Morgan fingerprint density at radius 1 is 1.21 bits per heavy atom. The number of nitrogens with one attached hydrogen (secondary N) is 1. The van der Waals surface area contributed by atoms with Crippen LogP contribution in [0.15, 0.2) is 28.7 Å². The molecular weight excluding hydrogens is 306 g/mol. The molecule has 104 valence electrons. The molecule has 0 spiro atoms. The topological polar surface area (TPSA) is 46.2 Å². The summed E-state index contributed by atoms with van der Waals surface area (Å²) in [7, 11) is 0. The van der Waals surface area contributed by atoms with E-state index in [1.165, 1.54) is 0 Å². The molecule has 1 unspecified atom stereocenters. The Balaban J connectivity index is 2.31. The molecule has 1 N–H and O–H groups in total. The first kappa shape index (κ1) is 15.9. The van der Waals surface area contributed by atoms with Crippen molar-refractivity contribution < 1.29 is 9.59 Å². The summed E-state index contributed by atoms with van der Waals surface area (Å²) in [5, 5.41) is 2.89. The second kappa shape index (κ2) is 8.10. The van der Waals surface area contributed by atoms with Crippen molar-refractivity contribution in [1.29, 1.82) is 0 Å². The molecule has 0 aromatic heterocycles. The van der Waals surface area contributed by atoms with Crippen molar-refractivity contribution >= 4 is 27.6 Å². The molecule has 1 aromatic carbocycles. The molecule has 1 atom stereocenters. The minimum absolute atomic E-state index is 0.0259. The first-order valence-corrected chi connectivity index (χ1v) is 7.40. The minimum Gasteiger partial charge on any atom is -0.354 e. The summed E-state index contributed by atoms with van der Waals surface area (Å²) in [4.78, 5) is 23.4. The highest BCUT2D eigenvalue weighted by Crippen LogP contribution is 2.13. The van der Waals surface area contributed by atoms with Gasteiger partial charge in [0.15, 0.2) is 5.78 Å². The Morgan fingerprint density at radius 2 is 1.84 bits per heavy atom. The maximum absolute atomic E-state index is 11.9. The standard InChI is InChI=1S/C15H20BrNO2/c1-3-11(2)17-15(19)6-4-5-14(18)12-7-9-13(16)10-8-12/h7-11H,3-6H2,1-2H3,(H,17,19). The van der Waals surface area contributed by atoms with Gasteiger partial charge in [0, 0.05) is 28.9 Å². The number of Topliss-reactive ketones (excluding diaryl/α,β-unsaturated/α-hetero) is 1. The second-order valence-corrected chi connectivity index (χ2v) is 5.58. The van der Waals surface area contributed by atoms with Gasteiger partial charge in [-0.1, -0.05) is 35.0 Å². The summed E-state index contributed by atoms with van der Waals surface area (Å²) in [5.74, 6) is 0.113. The molecule has 0 aliphatic rings. The molecule has 0 saturated carbocycles. The summed E-state index contributed by atoms with van der Waals surface area (Å²) in [5.41, 5.74) is 0.700. The zero-order chi connectivity index (χ0) is 14.3. The van der Waals surface area contributed by atoms with Crippen LogP contribution in [0.4, 0.5) is 0 Å². The van der Waals surface area contributed by atoms with Crippen LogP contribution in [0.2, 0.25) is 0 Å². The van der Waals surface area contributed by atoms with Crippen LogP contribution >= 0.6 is 15.9 Å². The van der Waals surface area contributed by atoms with E-state index in [2.05, 4.69) is 21.2 Å². The van der Waals surface area contributed by atoms with E-state index in [0.29, 0.717) is 24.8 Å². The van der Waals surface area contributed by atoms with E-state index in [4.69, 9.17) is 0 Å². The average molecular weight is 326 g/mol. The largest absolute Gasteiger partial charge is 0.354 e. The summed E-state index contributed by atoms with van der Waals surface area (Å²) in [6.45, 7) is 4.01. The minimum atomic E-state index is 0.0259. The van der Waals surface area contributed by atoms with Crippen molar-refractivity contribution in [3.05, 3.63) is 34.3 Å². The molecular formula is C15H20BrNO2. The molecule has 0 radical (unpaired) electrons. The highest BCUT2D eigenvalue weighted by Gasteiger charge is 2.09. The van der Waals surface area contributed by atoms with Crippen molar-refractivity contribution in [2.24, 2.45) is 0 Å². The Bertz CT molecular complexity index is 428. The highest BCUT2D eigenvalue weighted by atomic mass is 79.9. The molecule has 0 heterocycles. The van der Waals surface area contributed by atoms with E-state index in [9.17, 15) is 9.59 Å². The van der Waals surface area contributed by atoms with Crippen LogP contribution < -0.4 is 5.32 Å². The van der Waals surface area contributed by atoms with E-state index in [1.807, 2.05) is 26.0 Å².